The van der Waals surface area contributed by atoms with Gasteiger partial charge in [-0.2, -0.15) is 0 Å². The SMILES string of the molecule is CCc1nnc(NS(=O)(=O)CCCNC)nc1CC. The fourth-order valence-electron chi connectivity index (χ4n) is 1.61. The van der Waals surface area contributed by atoms with E-state index in [9.17, 15) is 8.42 Å². The number of aryl methyl sites for hydroxylation is 2. The Morgan fingerprint density at radius 2 is 1.79 bits per heavy atom. The van der Waals surface area contributed by atoms with Gasteiger partial charge in [-0.05, 0) is 32.9 Å². The Hall–Kier alpha value is -1.28. The maximum absolute atomic E-state index is 11.8. The van der Waals surface area contributed by atoms with Gasteiger partial charge in [0.15, 0.2) is 0 Å². The van der Waals surface area contributed by atoms with Gasteiger partial charge in [0.25, 0.3) is 5.95 Å². The van der Waals surface area contributed by atoms with Crippen LogP contribution in [0.4, 0.5) is 5.95 Å². The largest absolute Gasteiger partial charge is 0.320 e. The maximum atomic E-state index is 11.8. The average Bonchev–Trinajstić information content (AvgIpc) is 2.38. The van der Waals surface area contributed by atoms with E-state index in [1.165, 1.54) is 0 Å². The number of anilines is 1. The number of rotatable bonds is 8. The molecule has 1 aromatic rings. The third-order valence-electron chi connectivity index (χ3n) is 2.60. The molecule has 0 saturated carbocycles. The molecule has 0 spiro atoms. The van der Waals surface area contributed by atoms with Crippen LogP contribution in [0.25, 0.3) is 0 Å². The first-order valence-electron chi connectivity index (χ1n) is 6.40. The van der Waals surface area contributed by atoms with Crippen LogP contribution in [0.2, 0.25) is 0 Å². The smallest absolute Gasteiger partial charge is 0.256 e. The number of nitrogens with zero attached hydrogens (tertiary/aromatic N) is 3. The minimum atomic E-state index is -3.41. The van der Waals surface area contributed by atoms with Gasteiger partial charge in [-0.15, -0.1) is 10.2 Å². The van der Waals surface area contributed by atoms with Crippen LogP contribution in [-0.2, 0) is 22.9 Å². The van der Waals surface area contributed by atoms with Gasteiger partial charge in [0.2, 0.25) is 10.0 Å². The van der Waals surface area contributed by atoms with E-state index >= 15 is 0 Å². The van der Waals surface area contributed by atoms with E-state index in [-0.39, 0.29) is 11.7 Å². The van der Waals surface area contributed by atoms with E-state index in [4.69, 9.17) is 0 Å². The lowest BCUT2D eigenvalue weighted by molar-refractivity contribution is 0.596. The minimum absolute atomic E-state index is 0.0359. The van der Waals surface area contributed by atoms with Gasteiger partial charge in [0, 0.05) is 0 Å². The Morgan fingerprint density at radius 1 is 1.11 bits per heavy atom. The first-order valence-corrected chi connectivity index (χ1v) is 8.05. The van der Waals surface area contributed by atoms with E-state index < -0.39 is 10.0 Å². The third kappa shape index (κ3) is 5.07. The second kappa shape index (κ2) is 7.34. The Bertz CT molecular complexity index is 504. The van der Waals surface area contributed by atoms with Gasteiger partial charge in [0.1, 0.15) is 0 Å². The van der Waals surface area contributed by atoms with Crippen molar-refractivity contribution in [3.05, 3.63) is 11.4 Å². The highest BCUT2D eigenvalue weighted by atomic mass is 32.2. The molecule has 0 saturated heterocycles. The predicted molar refractivity (Wildman–Crippen MR) is 74.5 cm³/mol. The highest BCUT2D eigenvalue weighted by Gasteiger charge is 2.13. The molecule has 1 rings (SSSR count). The molecule has 1 aromatic heterocycles. The van der Waals surface area contributed by atoms with Gasteiger partial charge in [0.05, 0.1) is 17.1 Å². The van der Waals surface area contributed by atoms with Crippen molar-refractivity contribution < 1.29 is 8.42 Å². The lowest BCUT2D eigenvalue weighted by Crippen LogP contribution is -2.22. The van der Waals surface area contributed by atoms with Crippen molar-refractivity contribution in [2.45, 2.75) is 33.1 Å². The zero-order valence-corrected chi connectivity index (χ0v) is 12.4. The molecule has 7 nitrogen and oxygen atoms in total. The molecule has 0 aliphatic carbocycles. The Morgan fingerprint density at radius 3 is 2.37 bits per heavy atom. The van der Waals surface area contributed by atoms with Crippen molar-refractivity contribution in [2.75, 3.05) is 24.1 Å². The van der Waals surface area contributed by atoms with E-state index in [1.807, 2.05) is 13.8 Å². The maximum Gasteiger partial charge on any atom is 0.256 e. The molecule has 0 unspecified atom stereocenters. The normalized spacial score (nSPS) is 11.5. The number of sulfonamides is 1. The van der Waals surface area contributed by atoms with E-state index in [1.54, 1.807) is 7.05 Å². The number of aromatic nitrogens is 3. The molecule has 1 heterocycles. The molecule has 2 N–H and O–H groups in total. The van der Waals surface area contributed by atoms with Crippen molar-refractivity contribution in [3.63, 3.8) is 0 Å². The molecule has 0 fully saturated rings. The lowest BCUT2D eigenvalue weighted by Gasteiger charge is -2.08. The predicted octanol–water partition coefficient (Wildman–Crippen LogP) is 0.348. The van der Waals surface area contributed by atoms with Gasteiger partial charge in [-0.25, -0.2) is 18.1 Å². The van der Waals surface area contributed by atoms with Crippen molar-refractivity contribution in [1.82, 2.24) is 20.5 Å². The van der Waals surface area contributed by atoms with Gasteiger partial charge in [-0.1, -0.05) is 13.8 Å². The fraction of sp³-hybridized carbons (Fsp3) is 0.727. The summed E-state index contributed by atoms with van der Waals surface area (Å²) >= 11 is 0. The standard InChI is InChI=1S/C11H21N5O2S/c1-4-9-10(5-2)14-15-11(13-9)16-19(17,18)8-6-7-12-3/h12H,4-8H2,1-3H3,(H,13,15,16). The van der Waals surface area contributed by atoms with Gasteiger partial charge >= 0.3 is 0 Å². The lowest BCUT2D eigenvalue weighted by atomic mass is 10.2. The van der Waals surface area contributed by atoms with Gasteiger partial charge in [-0.3, -0.25) is 0 Å². The third-order valence-corrected chi connectivity index (χ3v) is 3.92. The van der Waals surface area contributed by atoms with Crippen LogP contribution < -0.4 is 10.0 Å². The van der Waals surface area contributed by atoms with E-state index in [0.717, 1.165) is 17.8 Å². The monoisotopic (exact) mass is 287 g/mol. The molecule has 19 heavy (non-hydrogen) atoms. The summed E-state index contributed by atoms with van der Waals surface area (Å²) in [6, 6.07) is 0. The first kappa shape index (κ1) is 15.8. The van der Waals surface area contributed by atoms with Crippen LogP contribution in [0.15, 0.2) is 0 Å². The molecule has 0 aliphatic rings. The highest BCUT2D eigenvalue weighted by Crippen LogP contribution is 2.08. The summed E-state index contributed by atoms with van der Waals surface area (Å²) < 4.78 is 25.9. The zero-order chi connectivity index (χ0) is 14.3. The second-order valence-electron chi connectivity index (χ2n) is 4.11. The Labute approximate surface area is 114 Å². The van der Waals surface area contributed by atoms with Crippen LogP contribution in [0.3, 0.4) is 0 Å². The summed E-state index contributed by atoms with van der Waals surface area (Å²) in [5, 5.41) is 10.7. The fourth-order valence-corrected chi connectivity index (χ4v) is 2.60. The van der Waals surface area contributed by atoms with Crippen molar-refractivity contribution in [2.24, 2.45) is 0 Å². The van der Waals surface area contributed by atoms with Crippen LogP contribution in [0.5, 0.6) is 0 Å². The molecule has 0 aliphatic heterocycles. The molecule has 108 valence electrons. The molecule has 0 aromatic carbocycles. The summed E-state index contributed by atoms with van der Waals surface area (Å²) in [6.45, 7) is 4.57. The van der Waals surface area contributed by atoms with Crippen molar-refractivity contribution in [1.29, 1.82) is 0 Å². The van der Waals surface area contributed by atoms with Crippen molar-refractivity contribution in [3.8, 4) is 0 Å². The highest BCUT2D eigenvalue weighted by molar-refractivity contribution is 7.92. The molecule has 0 amide bonds. The summed E-state index contributed by atoms with van der Waals surface area (Å²) in [5.41, 5.74) is 1.59. The Kier molecular flexibility index (Phi) is 6.10. The van der Waals surface area contributed by atoms with Crippen molar-refractivity contribution >= 4 is 16.0 Å². The first-order chi connectivity index (χ1) is 9.02. The molecule has 0 atom stereocenters. The minimum Gasteiger partial charge on any atom is -0.320 e. The molecule has 0 bridgehead atoms. The summed E-state index contributed by atoms with van der Waals surface area (Å²) in [4.78, 5) is 4.20. The zero-order valence-electron chi connectivity index (χ0n) is 11.6. The summed E-state index contributed by atoms with van der Waals surface area (Å²) in [6.07, 6.45) is 1.97. The van der Waals surface area contributed by atoms with E-state index in [0.29, 0.717) is 19.4 Å². The summed E-state index contributed by atoms with van der Waals surface area (Å²) in [7, 11) is -1.62. The van der Waals surface area contributed by atoms with Crippen LogP contribution >= 0.6 is 0 Å². The number of nitrogens with one attached hydrogen (secondary N) is 2. The van der Waals surface area contributed by atoms with Crippen LogP contribution in [-0.4, -0.2) is 42.9 Å². The van der Waals surface area contributed by atoms with Crippen LogP contribution in [0.1, 0.15) is 31.7 Å². The molecular formula is C11H21N5O2S. The topological polar surface area (TPSA) is 96.9 Å². The number of hydrogen-bond acceptors (Lipinski definition) is 6. The second-order valence-corrected chi connectivity index (χ2v) is 5.96. The average molecular weight is 287 g/mol. The van der Waals surface area contributed by atoms with Crippen LogP contribution in [0, 0.1) is 0 Å². The molecule has 8 heteroatoms. The quantitative estimate of drug-likeness (QED) is 0.670. The molecular weight excluding hydrogens is 266 g/mol. The number of hydrogen-bond donors (Lipinski definition) is 2. The Balaban J connectivity index is 2.76. The molecule has 0 radical (unpaired) electrons. The van der Waals surface area contributed by atoms with Gasteiger partial charge < -0.3 is 5.32 Å². The summed E-state index contributed by atoms with van der Waals surface area (Å²) in [5.74, 6) is 0.0901. The van der Waals surface area contributed by atoms with E-state index in [2.05, 4.69) is 25.2 Å².